The third-order valence-corrected chi connectivity index (χ3v) is 5.05. The first kappa shape index (κ1) is 20.6. The van der Waals surface area contributed by atoms with Gasteiger partial charge >= 0.3 is 5.69 Å². The number of hydrogen-bond donors (Lipinski definition) is 1. The fourth-order valence-electron chi connectivity index (χ4n) is 3.60. The molecule has 6 nitrogen and oxygen atoms in total. The van der Waals surface area contributed by atoms with Gasteiger partial charge in [0.1, 0.15) is 6.54 Å². The summed E-state index contributed by atoms with van der Waals surface area (Å²) in [4.78, 5) is 38.4. The number of para-hydroxylation sites is 1. The van der Waals surface area contributed by atoms with Gasteiger partial charge < -0.3 is 5.32 Å². The van der Waals surface area contributed by atoms with E-state index in [1.54, 1.807) is 31.2 Å². The Morgan fingerprint density at radius 3 is 2.21 bits per heavy atom. The lowest BCUT2D eigenvalue weighted by molar-refractivity contribution is -0.123. The normalized spacial score (nSPS) is 12.7. The monoisotopic (exact) mass is 393 g/mol. The van der Waals surface area contributed by atoms with Crippen molar-refractivity contribution < 1.29 is 4.79 Å². The van der Waals surface area contributed by atoms with Gasteiger partial charge in [-0.25, -0.2) is 4.79 Å². The molecule has 0 aliphatic rings. The Balaban J connectivity index is 2.00. The first-order chi connectivity index (χ1) is 13.7. The molecule has 0 radical (unpaired) electrons. The summed E-state index contributed by atoms with van der Waals surface area (Å²) in [6, 6.07) is 16.5. The van der Waals surface area contributed by atoms with Gasteiger partial charge in [0.25, 0.3) is 5.56 Å². The van der Waals surface area contributed by atoms with E-state index in [1.807, 2.05) is 30.3 Å². The van der Waals surface area contributed by atoms with E-state index in [4.69, 9.17) is 0 Å². The Bertz CT molecular complexity index is 1140. The van der Waals surface area contributed by atoms with Crippen LogP contribution in [0.1, 0.15) is 39.3 Å². The average molecular weight is 393 g/mol. The largest absolute Gasteiger partial charge is 0.347 e. The van der Waals surface area contributed by atoms with Crippen LogP contribution in [0.4, 0.5) is 0 Å². The number of rotatable bonds is 5. The van der Waals surface area contributed by atoms with Gasteiger partial charge in [-0.2, -0.15) is 0 Å². The summed E-state index contributed by atoms with van der Waals surface area (Å²) < 4.78 is 2.54. The topological polar surface area (TPSA) is 73.1 Å². The number of carbonyl (C=O) groups is 1. The van der Waals surface area contributed by atoms with Crippen molar-refractivity contribution in [1.82, 2.24) is 14.5 Å². The zero-order valence-electron chi connectivity index (χ0n) is 17.3. The predicted octanol–water partition coefficient (Wildman–Crippen LogP) is 3.09. The second kappa shape index (κ2) is 8.07. The molecule has 1 amide bonds. The van der Waals surface area contributed by atoms with E-state index in [1.165, 1.54) is 4.57 Å². The van der Waals surface area contributed by atoms with Crippen molar-refractivity contribution in [3.05, 3.63) is 81.0 Å². The molecule has 0 spiro atoms. The predicted molar refractivity (Wildman–Crippen MR) is 115 cm³/mol. The number of nitrogens with zero attached hydrogens (tertiary/aromatic N) is 2. The molecule has 1 unspecified atom stereocenters. The molecule has 0 aliphatic carbocycles. The highest BCUT2D eigenvalue weighted by Crippen LogP contribution is 2.32. The van der Waals surface area contributed by atoms with Crippen LogP contribution in [0.3, 0.4) is 0 Å². The molecule has 1 atom stereocenters. The molecule has 3 aromatic rings. The molecule has 0 bridgehead atoms. The molecule has 6 heteroatoms. The lowest BCUT2D eigenvalue weighted by atomic mass is 9.82. The van der Waals surface area contributed by atoms with Crippen LogP contribution in [0.15, 0.2) is 64.2 Å². The summed E-state index contributed by atoms with van der Waals surface area (Å²) in [6.07, 6.45) is 0. The third kappa shape index (κ3) is 4.16. The van der Waals surface area contributed by atoms with Crippen LogP contribution in [-0.4, -0.2) is 15.0 Å². The maximum absolute atomic E-state index is 13.0. The first-order valence-electron chi connectivity index (χ1n) is 9.80. The Labute approximate surface area is 169 Å². The fraction of sp³-hybridized carbons (Fsp3) is 0.348. The Morgan fingerprint density at radius 1 is 0.966 bits per heavy atom. The summed E-state index contributed by atoms with van der Waals surface area (Å²) in [5.74, 6) is -0.276. The zero-order valence-corrected chi connectivity index (χ0v) is 17.3. The number of fused-ring (bicyclic) bond motifs is 1. The SMILES string of the molecule is CCn1c(=O)c2ccccc2n(CC(=O)NC(c2ccccc2)C(C)(C)C)c1=O. The smallest absolute Gasteiger partial charge is 0.331 e. The van der Waals surface area contributed by atoms with Crippen LogP contribution in [0, 0.1) is 5.41 Å². The molecule has 1 N–H and O–H groups in total. The van der Waals surface area contributed by atoms with Gasteiger partial charge in [-0.1, -0.05) is 63.2 Å². The number of benzene rings is 2. The highest BCUT2D eigenvalue weighted by Gasteiger charge is 2.28. The summed E-state index contributed by atoms with van der Waals surface area (Å²) in [5.41, 5.74) is 0.449. The van der Waals surface area contributed by atoms with Gasteiger partial charge in [-0.3, -0.25) is 18.7 Å². The average Bonchev–Trinajstić information content (AvgIpc) is 2.69. The van der Waals surface area contributed by atoms with Gasteiger partial charge in [0, 0.05) is 6.54 Å². The Morgan fingerprint density at radius 2 is 1.59 bits per heavy atom. The lowest BCUT2D eigenvalue weighted by Crippen LogP contribution is -2.44. The first-order valence-corrected chi connectivity index (χ1v) is 9.80. The molecule has 1 aromatic heterocycles. The number of hydrogen-bond acceptors (Lipinski definition) is 3. The van der Waals surface area contributed by atoms with E-state index in [9.17, 15) is 14.4 Å². The minimum Gasteiger partial charge on any atom is -0.347 e. The van der Waals surface area contributed by atoms with Gasteiger partial charge in [0.15, 0.2) is 0 Å². The molecule has 0 saturated heterocycles. The maximum atomic E-state index is 13.0. The van der Waals surface area contributed by atoms with Crippen molar-refractivity contribution in [3.8, 4) is 0 Å². The zero-order chi connectivity index (χ0) is 21.2. The molecule has 0 aliphatic heterocycles. The van der Waals surface area contributed by atoms with Crippen LogP contribution in [0.2, 0.25) is 0 Å². The van der Waals surface area contributed by atoms with E-state index in [-0.39, 0.29) is 36.0 Å². The van der Waals surface area contributed by atoms with Gasteiger partial charge in [0.05, 0.1) is 16.9 Å². The summed E-state index contributed by atoms with van der Waals surface area (Å²) in [5, 5.41) is 3.51. The standard InChI is InChI=1S/C23H27N3O3/c1-5-25-21(28)17-13-9-10-14-18(17)26(22(25)29)15-19(27)24-20(23(2,3)4)16-11-7-6-8-12-16/h6-14,20H,5,15H2,1-4H3,(H,24,27). The second-order valence-corrected chi connectivity index (χ2v) is 8.21. The van der Waals surface area contributed by atoms with Crippen molar-refractivity contribution in [2.45, 2.75) is 46.8 Å². The molecule has 0 fully saturated rings. The summed E-state index contributed by atoms with van der Waals surface area (Å²) in [7, 11) is 0. The van der Waals surface area contributed by atoms with Crippen LogP contribution < -0.4 is 16.6 Å². The van der Waals surface area contributed by atoms with Crippen molar-refractivity contribution in [2.75, 3.05) is 0 Å². The second-order valence-electron chi connectivity index (χ2n) is 8.21. The van der Waals surface area contributed by atoms with Gasteiger partial charge in [-0.05, 0) is 30.0 Å². The van der Waals surface area contributed by atoms with Crippen LogP contribution >= 0.6 is 0 Å². The molecule has 2 aromatic carbocycles. The van der Waals surface area contributed by atoms with Crippen molar-refractivity contribution in [3.63, 3.8) is 0 Å². The molecule has 1 heterocycles. The van der Waals surface area contributed by atoms with E-state index in [2.05, 4.69) is 26.1 Å². The molecule has 3 rings (SSSR count). The van der Waals surface area contributed by atoms with Crippen LogP contribution in [-0.2, 0) is 17.9 Å². The number of carbonyl (C=O) groups excluding carboxylic acids is 1. The lowest BCUT2D eigenvalue weighted by Gasteiger charge is -2.32. The third-order valence-electron chi connectivity index (χ3n) is 5.05. The van der Waals surface area contributed by atoms with Gasteiger partial charge in [0.2, 0.25) is 5.91 Å². The number of nitrogens with one attached hydrogen (secondary N) is 1. The Hall–Kier alpha value is -3.15. The molecule has 152 valence electrons. The molecular formula is C23H27N3O3. The molecular weight excluding hydrogens is 366 g/mol. The maximum Gasteiger partial charge on any atom is 0.331 e. The minimum atomic E-state index is -0.474. The van der Waals surface area contributed by atoms with E-state index >= 15 is 0 Å². The fourth-order valence-corrected chi connectivity index (χ4v) is 3.60. The highest BCUT2D eigenvalue weighted by atomic mass is 16.2. The summed E-state index contributed by atoms with van der Waals surface area (Å²) in [6.45, 7) is 8.02. The van der Waals surface area contributed by atoms with Crippen LogP contribution in [0.25, 0.3) is 10.9 Å². The number of amides is 1. The molecule has 29 heavy (non-hydrogen) atoms. The van der Waals surface area contributed by atoms with E-state index in [0.29, 0.717) is 10.9 Å². The minimum absolute atomic E-state index is 0.154. The van der Waals surface area contributed by atoms with Crippen molar-refractivity contribution in [2.24, 2.45) is 5.41 Å². The van der Waals surface area contributed by atoms with Crippen LogP contribution in [0.5, 0.6) is 0 Å². The molecule has 0 saturated carbocycles. The van der Waals surface area contributed by atoms with Crippen molar-refractivity contribution in [1.29, 1.82) is 0 Å². The van der Waals surface area contributed by atoms with Crippen molar-refractivity contribution >= 4 is 16.8 Å². The quantitative estimate of drug-likeness (QED) is 0.724. The highest BCUT2D eigenvalue weighted by molar-refractivity contribution is 5.81. The van der Waals surface area contributed by atoms with E-state index < -0.39 is 5.69 Å². The van der Waals surface area contributed by atoms with E-state index in [0.717, 1.165) is 10.1 Å². The van der Waals surface area contributed by atoms with Gasteiger partial charge in [-0.15, -0.1) is 0 Å². The Kier molecular flexibility index (Phi) is 5.73. The number of aromatic nitrogens is 2. The summed E-state index contributed by atoms with van der Waals surface area (Å²) >= 11 is 0.